The summed E-state index contributed by atoms with van der Waals surface area (Å²) < 4.78 is 66.8. The van der Waals surface area contributed by atoms with Crippen molar-refractivity contribution in [1.82, 2.24) is 0 Å². The van der Waals surface area contributed by atoms with E-state index in [1.807, 2.05) is 6.92 Å². The quantitative estimate of drug-likeness (QED) is 0.0612. The van der Waals surface area contributed by atoms with Crippen molar-refractivity contribution in [2.24, 2.45) is 11.3 Å². The fourth-order valence-corrected chi connectivity index (χ4v) is 8.28. The summed E-state index contributed by atoms with van der Waals surface area (Å²) in [7, 11) is -7.91. The van der Waals surface area contributed by atoms with Crippen molar-refractivity contribution < 1.29 is 54.7 Å². The molecule has 0 heterocycles. The molecule has 2 unspecified atom stereocenters. The van der Waals surface area contributed by atoms with Crippen molar-refractivity contribution in [3.05, 3.63) is 35.9 Å². The maximum Gasteiger partial charge on any atom is 0.378 e. The molecule has 14 heteroatoms. The SMILES string of the molecule is CCOC(OO)(C(=O)OCC(C)CC(C)(C)C)C(=O)c1ccccc1.O=S(=O)(OOS(=O)(=O)C1CCCCC1)C1CCCCC1. The van der Waals surface area contributed by atoms with Crippen LogP contribution < -0.4 is 0 Å². The van der Waals surface area contributed by atoms with Crippen LogP contribution in [-0.2, 0) is 48.1 Å². The molecule has 1 N–H and O–H groups in total. The molecule has 2 aliphatic carbocycles. The number of carbonyl (C=O) groups excluding carboxylic acids is 2. The molecule has 2 saturated carbocycles. The molecule has 0 saturated heterocycles. The molecule has 12 nitrogen and oxygen atoms in total. The Balaban J connectivity index is 0.000000320. The molecule has 2 aliphatic rings. The largest absolute Gasteiger partial charge is 0.461 e. The van der Waals surface area contributed by atoms with Crippen LogP contribution in [0.25, 0.3) is 0 Å². The molecule has 0 radical (unpaired) electrons. The summed E-state index contributed by atoms with van der Waals surface area (Å²) >= 11 is 0. The van der Waals surface area contributed by atoms with Crippen LogP contribution in [0.15, 0.2) is 30.3 Å². The predicted octanol–water partition coefficient (Wildman–Crippen LogP) is 5.97. The van der Waals surface area contributed by atoms with E-state index >= 15 is 0 Å². The van der Waals surface area contributed by atoms with Crippen molar-refractivity contribution in [1.29, 1.82) is 0 Å². The van der Waals surface area contributed by atoms with Gasteiger partial charge in [-0.05, 0) is 50.4 Å². The average Bonchev–Trinajstić information content (AvgIpc) is 3.02. The molecule has 258 valence electrons. The van der Waals surface area contributed by atoms with Crippen molar-refractivity contribution in [2.45, 2.75) is 122 Å². The van der Waals surface area contributed by atoms with Crippen LogP contribution >= 0.6 is 0 Å². The molecule has 1 aromatic rings. The van der Waals surface area contributed by atoms with Crippen LogP contribution in [0, 0.1) is 11.3 Å². The maximum atomic E-state index is 12.7. The van der Waals surface area contributed by atoms with Crippen LogP contribution in [0.2, 0.25) is 0 Å². The second kappa shape index (κ2) is 17.8. The monoisotopic (exact) mass is 678 g/mol. The van der Waals surface area contributed by atoms with Crippen molar-refractivity contribution in [3.8, 4) is 0 Å². The molecule has 2 fully saturated rings. The molecule has 1 aromatic carbocycles. The fourth-order valence-electron chi connectivity index (χ4n) is 5.62. The Morgan fingerprint density at radius 2 is 1.31 bits per heavy atom. The summed E-state index contributed by atoms with van der Waals surface area (Å²) in [6.07, 6.45) is 8.17. The molecular formula is C31H50O12S2. The molecule has 0 spiro atoms. The minimum atomic E-state index is -3.96. The third kappa shape index (κ3) is 12.3. The van der Waals surface area contributed by atoms with Gasteiger partial charge in [0.25, 0.3) is 20.2 Å². The lowest BCUT2D eigenvalue weighted by Gasteiger charge is -2.28. The first-order chi connectivity index (χ1) is 21.1. The lowest BCUT2D eigenvalue weighted by atomic mass is 9.86. The Labute approximate surface area is 268 Å². The first kappa shape index (κ1) is 39.2. The lowest BCUT2D eigenvalue weighted by molar-refractivity contribution is -0.368. The van der Waals surface area contributed by atoms with Gasteiger partial charge in [-0.1, -0.05) is 105 Å². The zero-order chi connectivity index (χ0) is 33.7. The Bertz CT molecular complexity index is 1220. The average molecular weight is 679 g/mol. The minimum absolute atomic E-state index is 0.0220. The number of hydrogen-bond donors (Lipinski definition) is 1. The summed E-state index contributed by atoms with van der Waals surface area (Å²) in [6, 6.07) is 8.01. The highest BCUT2D eigenvalue weighted by molar-refractivity contribution is 7.89. The van der Waals surface area contributed by atoms with Gasteiger partial charge in [0.05, 0.1) is 17.1 Å². The summed E-state index contributed by atoms with van der Waals surface area (Å²) in [4.78, 5) is 29.5. The predicted molar refractivity (Wildman–Crippen MR) is 167 cm³/mol. The Kier molecular flexibility index (Phi) is 15.5. The molecule has 2 atom stereocenters. The molecule has 45 heavy (non-hydrogen) atoms. The summed E-state index contributed by atoms with van der Waals surface area (Å²) in [6.45, 7) is 9.87. The van der Waals surface area contributed by atoms with E-state index in [9.17, 15) is 31.7 Å². The van der Waals surface area contributed by atoms with E-state index in [0.717, 1.165) is 44.9 Å². The molecule has 0 bridgehead atoms. The number of rotatable bonds is 14. The maximum absolute atomic E-state index is 12.7. The van der Waals surface area contributed by atoms with Gasteiger partial charge in [0, 0.05) is 12.2 Å². The first-order valence-corrected chi connectivity index (χ1v) is 18.6. The van der Waals surface area contributed by atoms with E-state index in [1.54, 1.807) is 25.1 Å². The second-order valence-electron chi connectivity index (χ2n) is 12.9. The second-order valence-corrected chi connectivity index (χ2v) is 16.5. The van der Waals surface area contributed by atoms with Crippen molar-refractivity contribution in [2.75, 3.05) is 13.2 Å². The topological polar surface area (TPSA) is 169 Å². The molecule has 0 aliphatic heterocycles. The molecule has 0 aromatic heterocycles. The van der Waals surface area contributed by atoms with Gasteiger partial charge in [0.1, 0.15) is 0 Å². The smallest absolute Gasteiger partial charge is 0.378 e. The third-order valence-electron chi connectivity index (χ3n) is 7.68. The standard InChI is InChI=1S/C19H28O6.C12H22O6S2/c1-6-24-19(25-22,16(20)15-10-8-7-9-11-15)17(21)23-13-14(2)12-18(3,4)5;13-19(14,11-7-3-1-4-8-11)17-18-20(15,16)12-9-5-2-6-10-12/h7-11,14,22H,6,12-13H2,1-5H3;11-12H,1-10H2. The number of esters is 1. The van der Waals surface area contributed by atoms with Gasteiger partial charge < -0.3 is 9.47 Å². The van der Waals surface area contributed by atoms with E-state index in [1.165, 1.54) is 12.1 Å². The first-order valence-electron chi connectivity index (χ1n) is 15.7. The van der Waals surface area contributed by atoms with E-state index in [0.29, 0.717) is 25.7 Å². The summed E-state index contributed by atoms with van der Waals surface area (Å²) in [5.74, 6) is -4.32. The highest BCUT2D eigenvalue weighted by Gasteiger charge is 2.52. The van der Waals surface area contributed by atoms with Gasteiger partial charge in [-0.15, -0.1) is 0 Å². The molecule has 0 amide bonds. The van der Waals surface area contributed by atoms with E-state index < -0.39 is 48.3 Å². The normalized spacial score (nSPS) is 19.1. The zero-order valence-corrected chi connectivity index (χ0v) is 28.7. The number of carbonyl (C=O) groups is 2. The van der Waals surface area contributed by atoms with Gasteiger partial charge >= 0.3 is 11.8 Å². The van der Waals surface area contributed by atoms with Gasteiger partial charge in [-0.25, -0.2) is 10.1 Å². The van der Waals surface area contributed by atoms with Crippen LogP contribution in [-0.4, -0.2) is 63.3 Å². The Hall–Kier alpha value is -1.94. The number of Topliss-reactive ketones (excluding diaryl/α,β-unsaturated/α-hetero) is 1. The summed E-state index contributed by atoms with van der Waals surface area (Å²) in [5, 5.41) is 8.03. The number of hydrogen-bond acceptors (Lipinski definition) is 12. The number of benzene rings is 1. The number of ketones is 1. The molecule has 3 rings (SSSR count). The number of ether oxygens (including phenoxy) is 2. The van der Waals surface area contributed by atoms with Gasteiger partial charge in [-0.3, -0.25) is 4.79 Å². The third-order valence-corrected chi connectivity index (χ3v) is 10.9. The van der Waals surface area contributed by atoms with E-state index in [-0.39, 0.29) is 30.1 Å². The van der Waals surface area contributed by atoms with Crippen LogP contribution in [0.4, 0.5) is 0 Å². The van der Waals surface area contributed by atoms with E-state index in [2.05, 4.69) is 34.3 Å². The Morgan fingerprint density at radius 3 is 1.71 bits per heavy atom. The van der Waals surface area contributed by atoms with Crippen LogP contribution in [0.5, 0.6) is 0 Å². The van der Waals surface area contributed by atoms with Crippen LogP contribution in [0.1, 0.15) is 116 Å². The van der Waals surface area contributed by atoms with Crippen molar-refractivity contribution >= 4 is 32.0 Å². The lowest BCUT2D eigenvalue weighted by Crippen LogP contribution is -2.52. The molecular weight excluding hydrogens is 628 g/mol. The van der Waals surface area contributed by atoms with Gasteiger partial charge in [-0.2, -0.15) is 21.7 Å². The minimum Gasteiger partial charge on any atom is -0.461 e. The van der Waals surface area contributed by atoms with E-state index in [4.69, 9.17) is 9.47 Å². The highest BCUT2D eigenvalue weighted by atomic mass is 32.2. The Morgan fingerprint density at radius 1 is 0.844 bits per heavy atom. The highest BCUT2D eigenvalue weighted by Crippen LogP contribution is 2.29. The fraction of sp³-hybridized carbons (Fsp3) is 0.742. The summed E-state index contributed by atoms with van der Waals surface area (Å²) in [5.41, 5.74) is 0.251. The van der Waals surface area contributed by atoms with Crippen LogP contribution in [0.3, 0.4) is 0 Å². The zero-order valence-electron chi connectivity index (χ0n) is 27.1. The van der Waals surface area contributed by atoms with Gasteiger partial charge in [0.2, 0.25) is 5.78 Å². The van der Waals surface area contributed by atoms with Crippen molar-refractivity contribution in [3.63, 3.8) is 0 Å². The van der Waals surface area contributed by atoms with Gasteiger partial charge in [0.15, 0.2) is 0 Å².